The predicted octanol–water partition coefficient (Wildman–Crippen LogP) is 0.515. The van der Waals surface area contributed by atoms with Crippen molar-refractivity contribution >= 4 is 5.78 Å². The monoisotopic (exact) mass is 154 g/mol. The van der Waals surface area contributed by atoms with E-state index in [4.69, 9.17) is 10.3 Å². The zero-order valence-electron chi connectivity index (χ0n) is 6.33. The molecular formula is C7H10N2O2. The van der Waals surface area contributed by atoms with Crippen molar-refractivity contribution in [2.75, 3.05) is 6.54 Å². The van der Waals surface area contributed by atoms with Gasteiger partial charge in [-0.2, -0.15) is 0 Å². The minimum atomic E-state index is -0.0654. The molecule has 1 aromatic rings. The normalized spacial score (nSPS) is 10.0. The minimum Gasteiger partial charge on any atom is -0.361 e. The fourth-order valence-corrected chi connectivity index (χ4v) is 0.757. The van der Waals surface area contributed by atoms with E-state index in [0.717, 1.165) is 0 Å². The molecule has 0 saturated heterocycles. The summed E-state index contributed by atoms with van der Waals surface area (Å²) in [6, 6.07) is 1.61. The van der Waals surface area contributed by atoms with Gasteiger partial charge in [0.2, 0.25) is 0 Å². The molecule has 1 aromatic heterocycles. The minimum absolute atomic E-state index is 0.0654. The molecule has 0 unspecified atom stereocenters. The standard InChI is InChI=1S/C7H10N2O2/c1-5-4-6(9-11-5)7(10)2-3-8/h4H,2-3,8H2,1H3. The van der Waals surface area contributed by atoms with Gasteiger partial charge in [0.05, 0.1) is 0 Å². The summed E-state index contributed by atoms with van der Waals surface area (Å²) in [5.74, 6) is 0.578. The van der Waals surface area contributed by atoms with Crippen LogP contribution in [0.15, 0.2) is 10.6 Å². The Bertz CT molecular complexity index is 255. The van der Waals surface area contributed by atoms with Crippen molar-refractivity contribution in [3.63, 3.8) is 0 Å². The largest absolute Gasteiger partial charge is 0.361 e. The van der Waals surface area contributed by atoms with Crippen LogP contribution < -0.4 is 5.73 Å². The van der Waals surface area contributed by atoms with E-state index in [9.17, 15) is 4.79 Å². The van der Waals surface area contributed by atoms with Gasteiger partial charge in [-0.1, -0.05) is 5.16 Å². The highest BCUT2D eigenvalue weighted by Gasteiger charge is 2.08. The molecule has 60 valence electrons. The summed E-state index contributed by atoms with van der Waals surface area (Å²) in [6.45, 7) is 2.09. The van der Waals surface area contributed by atoms with Crippen molar-refractivity contribution < 1.29 is 9.32 Å². The average molecular weight is 154 g/mol. The number of ketones is 1. The highest BCUT2D eigenvalue weighted by molar-refractivity contribution is 5.94. The molecule has 1 heterocycles. The van der Waals surface area contributed by atoms with Crippen LogP contribution in [0.4, 0.5) is 0 Å². The number of hydrogen-bond acceptors (Lipinski definition) is 4. The number of hydrogen-bond donors (Lipinski definition) is 1. The smallest absolute Gasteiger partial charge is 0.185 e. The molecule has 0 spiro atoms. The van der Waals surface area contributed by atoms with Gasteiger partial charge in [0.15, 0.2) is 5.78 Å². The highest BCUT2D eigenvalue weighted by Crippen LogP contribution is 2.03. The number of nitrogens with zero attached hydrogens (tertiary/aromatic N) is 1. The molecule has 0 bridgehead atoms. The van der Waals surface area contributed by atoms with Crippen molar-refractivity contribution in [2.45, 2.75) is 13.3 Å². The van der Waals surface area contributed by atoms with Gasteiger partial charge in [-0.25, -0.2) is 0 Å². The molecule has 0 aliphatic rings. The summed E-state index contributed by atoms with van der Waals surface area (Å²) in [6.07, 6.45) is 0.325. The third-order valence-corrected chi connectivity index (χ3v) is 1.29. The van der Waals surface area contributed by atoms with E-state index in [0.29, 0.717) is 24.4 Å². The van der Waals surface area contributed by atoms with Crippen LogP contribution in [0, 0.1) is 6.92 Å². The van der Waals surface area contributed by atoms with Gasteiger partial charge in [0.25, 0.3) is 0 Å². The van der Waals surface area contributed by atoms with Crippen LogP contribution in [-0.2, 0) is 0 Å². The van der Waals surface area contributed by atoms with Crippen molar-refractivity contribution in [3.05, 3.63) is 17.5 Å². The maximum Gasteiger partial charge on any atom is 0.185 e. The van der Waals surface area contributed by atoms with Crippen molar-refractivity contribution in [3.8, 4) is 0 Å². The van der Waals surface area contributed by atoms with Crippen LogP contribution in [0.25, 0.3) is 0 Å². The molecule has 1 rings (SSSR count). The number of aromatic nitrogens is 1. The number of Topliss-reactive ketones (excluding diaryl/α,β-unsaturated/α-hetero) is 1. The number of rotatable bonds is 3. The number of carbonyl (C=O) groups is 1. The van der Waals surface area contributed by atoms with Crippen LogP contribution in [-0.4, -0.2) is 17.5 Å². The Morgan fingerprint density at radius 2 is 2.55 bits per heavy atom. The number of carbonyl (C=O) groups excluding carboxylic acids is 1. The first-order valence-corrected chi connectivity index (χ1v) is 3.40. The van der Waals surface area contributed by atoms with Crippen molar-refractivity contribution in [2.24, 2.45) is 5.73 Å². The summed E-state index contributed by atoms with van der Waals surface area (Å²) < 4.78 is 4.72. The molecule has 0 fully saturated rings. The molecular weight excluding hydrogens is 144 g/mol. The lowest BCUT2D eigenvalue weighted by Gasteiger charge is -1.88. The van der Waals surface area contributed by atoms with Gasteiger partial charge in [-0.05, 0) is 13.5 Å². The Balaban J connectivity index is 2.69. The summed E-state index contributed by atoms with van der Waals surface area (Å²) in [4.78, 5) is 11.1. The molecule has 0 atom stereocenters. The van der Waals surface area contributed by atoms with Gasteiger partial charge in [0, 0.05) is 12.5 Å². The van der Waals surface area contributed by atoms with E-state index in [1.807, 2.05) is 0 Å². The average Bonchev–Trinajstić information content (AvgIpc) is 2.36. The fourth-order valence-electron chi connectivity index (χ4n) is 0.757. The molecule has 0 aliphatic carbocycles. The Kier molecular flexibility index (Phi) is 2.38. The van der Waals surface area contributed by atoms with E-state index < -0.39 is 0 Å². The third kappa shape index (κ3) is 1.88. The van der Waals surface area contributed by atoms with Crippen LogP contribution in [0.2, 0.25) is 0 Å². The van der Waals surface area contributed by atoms with E-state index in [-0.39, 0.29) is 5.78 Å². The van der Waals surface area contributed by atoms with E-state index >= 15 is 0 Å². The molecule has 11 heavy (non-hydrogen) atoms. The first-order valence-electron chi connectivity index (χ1n) is 3.40. The lowest BCUT2D eigenvalue weighted by atomic mass is 10.2. The molecule has 0 saturated carbocycles. The lowest BCUT2D eigenvalue weighted by Crippen LogP contribution is -2.08. The zero-order valence-corrected chi connectivity index (χ0v) is 6.33. The van der Waals surface area contributed by atoms with Crippen LogP contribution in [0.5, 0.6) is 0 Å². The summed E-state index contributed by atoms with van der Waals surface area (Å²) in [5, 5.41) is 3.55. The maximum absolute atomic E-state index is 11.1. The maximum atomic E-state index is 11.1. The Hall–Kier alpha value is -1.16. The lowest BCUT2D eigenvalue weighted by molar-refractivity contribution is 0.0976. The second-order valence-corrected chi connectivity index (χ2v) is 2.28. The molecule has 4 heteroatoms. The van der Waals surface area contributed by atoms with Crippen molar-refractivity contribution in [1.82, 2.24) is 5.16 Å². The fraction of sp³-hybridized carbons (Fsp3) is 0.429. The quantitative estimate of drug-likeness (QED) is 0.644. The van der Waals surface area contributed by atoms with Gasteiger partial charge < -0.3 is 10.3 Å². The second kappa shape index (κ2) is 3.30. The molecule has 4 nitrogen and oxygen atoms in total. The Morgan fingerprint density at radius 3 is 3.00 bits per heavy atom. The van der Waals surface area contributed by atoms with Gasteiger partial charge in [-0.15, -0.1) is 0 Å². The van der Waals surface area contributed by atoms with Gasteiger partial charge in [-0.3, -0.25) is 4.79 Å². The first-order chi connectivity index (χ1) is 5.24. The Labute approximate surface area is 64.4 Å². The zero-order chi connectivity index (χ0) is 8.27. The third-order valence-electron chi connectivity index (χ3n) is 1.29. The van der Waals surface area contributed by atoms with Gasteiger partial charge in [0.1, 0.15) is 11.5 Å². The van der Waals surface area contributed by atoms with E-state index in [2.05, 4.69) is 5.16 Å². The molecule has 0 aliphatic heterocycles. The summed E-state index contributed by atoms with van der Waals surface area (Å²) in [7, 11) is 0. The molecule has 2 N–H and O–H groups in total. The predicted molar refractivity (Wildman–Crippen MR) is 39.2 cm³/mol. The number of aryl methyl sites for hydroxylation is 1. The summed E-state index contributed by atoms with van der Waals surface area (Å²) >= 11 is 0. The first kappa shape index (κ1) is 7.94. The van der Waals surface area contributed by atoms with Gasteiger partial charge >= 0.3 is 0 Å². The molecule has 0 aromatic carbocycles. The topological polar surface area (TPSA) is 69.1 Å². The highest BCUT2D eigenvalue weighted by atomic mass is 16.5. The van der Waals surface area contributed by atoms with E-state index in [1.54, 1.807) is 13.0 Å². The molecule has 0 radical (unpaired) electrons. The molecule has 0 amide bonds. The van der Waals surface area contributed by atoms with Crippen LogP contribution in [0.1, 0.15) is 22.7 Å². The van der Waals surface area contributed by atoms with Crippen molar-refractivity contribution in [1.29, 1.82) is 0 Å². The Morgan fingerprint density at radius 1 is 1.82 bits per heavy atom. The van der Waals surface area contributed by atoms with Crippen LogP contribution >= 0.6 is 0 Å². The summed E-state index contributed by atoms with van der Waals surface area (Å²) in [5.41, 5.74) is 5.56. The van der Waals surface area contributed by atoms with Crippen LogP contribution in [0.3, 0.4) is 0 Å². The second-order valence-electron chi connectivity index (χ2n) is 2.28. The van der Waals surface area contributed by atoms with E-state index in [1.165, 1.54) is 0 Å². The SMILES string of the molecule is Cc1cc(C(=O)CCN)no1. The number of nitrogens with two attached hydrogens (primary N) is 1.